The van der Waals surface area contributed by atoms with Crippen molar-refractivity contribution in [3.05, 3.63) is 10.6 Å². The first-order valence-electron chi connectivity index (χ1n) is 6.52. The fourth-order valence-corrected chi connectivity index (χ4v) is 2.72. The summed E-state index contributed by atoms with van der Waals surface area (Å²) in [4.78, 5) is 1.33. The van der Waals surface area contributed by atoms with Crippen LogP contribution in [0, 0.1) is 5.41 Å². The molecule has 1 unspecified atom stereocenters. The topological polar surface area (TPSA) is 37.8 Å². The van der Waals surface area contributed by atoms with Gasteiger partial charge in [-0.3, -0.25) is 0 Å². The molecule has 1 aromatic rings. The van der Waals surface area contributed by atoms with E-state index in [1.165, 1.54) is 11.3 Å². The average molecular weight is 255 g/mol. The Morgan fingerprint density at radius 1 is 1.29 bits per heavy atom. The van der Waals surface area contributed by atoms with Crippen LogP contribution < -0.4 is 5.32 Å². The summed E-state index contributed by atoms with van der Waals surface area (Å²) in [6.07, 6.45) is 3.35. The Balaban J connectivity index is 2.71. The second kappa shape index (κ2) is 6.45. The predicted octanol–water partition coefficient (Wildman–Crippen LogP) is 3.58. The quantitative estimate of drug-likeness (QED) is 0.844. The SMILES string of the molecule is CCNC(CCC(C)(C)C)c1snnc1CC. The molecule has 0 aliphatic heterocycles. The molecule has 1 aromatic heterocycles. The number of nitrogens with one attached hydrogen (secondary N) is 1. The molecule has 0 saturated heterocycles. The van der Waals surface area contributed by atoms with Crippen molar-refractivity contribution in [2.75, 3.05) is 6.54 Å². The van der Waals surface area contributed by atoms with Crippen LogP contribution in [0.4, 0.5) is 0 Å². The van der Waals surface area contributed by atoms with Crippen molar-refractivity contribution >= 4 is 11.5 Å². The molecular formula is C13H25N3S. The van der Waals surface area contributed by atoms with Crippen LogP contribution in [0.25, 0.3) is 0 Å². The third kappa shape index (κ3) is 4.72. The van der Waals surface area contributed by atoms with E-state index in [-0.39, 0.29) is 0 Å². The van der Waals surface area contributed by atoms with Gasteiger partial charge in [0.1, 0.15) is 0 Å². The maximum Gasteiger partial charge on any atom is 0.0800 e. The second-order valence-electron chi connectivity index (χ2n) is 5.65. The minimum atomic E-state index is 0.387. The molecular weight excluding hydrogens is 230 g/mol. The molecule has 3 nitrogen and oxygen atoms in total. The highest BCUT2D eigenvalue weighted by Crippen LogP contribution is 2.30. The fourth-order valence-electron chi connectivity index (χ4n) is 1.87. The molecule has 0 aliphatic rings. The maximum atomic E-state index is 4.21. The third-order valence-electron chi connectivity index (χ3n) is 2.87. The maximum absolute atomic E-state index is 4.21. The van der Waals surface area contributed by atoms with Crippen molar-refractivity contribution in [1.29, 1.82) is 0 Å². The van der Waals surface area contributed by atoms with E-state index in [0.717, 1.165) is 25.1 Å². The average Bonchev–Trinajstić information content (AvgIpc) is 2.70. The van der Waals surface area contributed by atoms with Gasteiger partial charge in [0.15, 0.2) is 0 Å². The van der Waals surface area contributed by atoms with Gasteiger partial charge in [-0.05, 0) is 42.8 Å². The van der Waals surface area contributed by atoms with Gasteiger partial charge in [0.25, 0.3) is 0 Å². The lowest BCUT2D eigenvalue weighted by Gasteiger charge is -2.23. The zero-order chi connectivity index (χ0) is 12.9. The normalized spacial score (nSPS) is 13.9. The Labute approximate surface area is 109 Å². The van der Waals surface area contributed by atoms with Crippen LogP contribution in [0.3, 0.4) is 0 Å². The van der Waals surface area contributed by atoms with E-state index < -0.39 is 0 Å². The molecule has 0 fully saturated rings. The molecule has 0 spiro atoms. The van der Waals surface area contributed by atoms with Gasteiger partial charge in [0.05, 0.1) is 10.6 Å². The van der Waals surface area contributed by atoms with Gasteiger partial charge >= 0.3 is 0 Å². The minimum absolute atomic E-state index is 0.387. The van der Waals surface area contributed by atoms with Crippen LogP contribution >= 0.6 is 11.5 Å². The van der Waals surface area contributed by atoms with E-state index in [9.17, 15) is 0 Å². The van der Waals surface area contributed by atoms with E-state index in [4.69, 9.17) is 0 Å². The molecule has 1 rings (SSSR count). The van der Waals surface area contributed by atoms with Gasteiger partial charge in [-0.25, -0.2) is 0 Å². The minimum Gasteiger partial charge on any atom is -0.309 e. The molecule has 17 heavy (non-hydrogen) atoms. The van der Waals surface area contributed by atoms with Crippen molar-refractivity contribution in [2.45, 2.75) is 59.9 Å². The predicted molar refractivity (Wildman–Crippen MR) is 74.4 cm³/mol. The number of aryl methyl sites for hydroxylation is 1. The van der Waals surface area contributed by atoms with Crippen molar-refractivity contribution in [3.8, 4) is 0 Å². The molecule has 0 saturated carbocycles. The number of nitrogens with zero attached hydrogens (tertiary/aromatic N) is 2. The highest BCUT2D eigenvalue weighted by molar-refractivity contribution is 7.05. The molecule has 0 bridgehead atoms. The zero-order valence-corrected chi connectivity index (χ0v) is 12.5. The van der Waals surface area contributed by atoms with Crippen LogP contribution in [0.15, 0.2) is 0 Å². The first-order valence-corrected chi connectivity index (χ1v) is 7.29. The van der Waals surface area contributed by atoms with Gasteiger partial charge < -0.3 is 5.32 Å². The summed E-state index contributed by atoms with van der Waals surface area (Å²) in [7, 11) is 0. The van der Waals surface area contributed by atoms with Crippen LogP contribution in [0.5, 0.6) is 0 Å². The molecule has 1 atom stereocenters. The molecule has 0 amide bonds. The van der Waals surface area contributed by atoms with Crippen molar-refractivity contribution in [2.24, 2.45) is 5.41 Å². The number of rotatable bonds is 6. The van der Waals surface area contributed by atoms with Crippen molar-refractivity contribution in [1.82, 2.24) is 14.9 Å². The Morgan fingerprint density at radius 2 is 2.00 bits per heavy atom. The highest BCUT2D eigenvalue weighted by atomic mass is 32.1. The van der Waals surface area contributed by atoms with Crippen molar-refractivity contribution < 1.29 is 0 Å². The van der Waals surface area contributed by atoms with Gasteiger partial charge in [-0.1, -0.05) is 39.1 Å². The largest absolute Gasteiger partial charge is 0.309 e. The molecule has 1 N–H and O–H groups in total. The lowest BCUT2D eigenvalue weighted by atomic mass is 9.88. The summed E-state index contributed by atoms with van der Waals surface area (Å²) in [5.41, 5.74) is 1.55. The fraction of sp³-hybridized carbons (Fsp3) is 0.846. The number of hydrogen-bond donors (Lipinski definition) is 1. The molecule has 1 heterocycles. The van der Waals surface area contributed by atoms with Crippen LogP contribution in [0.1, 0.15) is 64.1 Å². The van der Waals surface area contributed by atoms with E-state index in [1.807, 2.05) is 0 Å². The number of hydrogen-bond acceptors (Lipinski definition) is 4. The van der Waals surface area contributed by atoms with E-state index >= 15 is 0 Å². The van der Waals surface area contributed by atoms with Gasteiger partial charge in [0.2, 0.25) is 0 Å². The molecule has 4 heteroatoms. The van der Waals surface area contributed by atoms with E-state index in [1.54, 1.807) is 11.5 Å². The number of aromatic nitrogens is 2. The molecule has 0 radical (unpaired) electrons. The van der Waals surface area contributed by atoms with Crippen LogP contribution in [0.2, 0.25) is 0 Å². The summed E-state index contributed by atoms with van der Waals surface area (Å²) < 4.78 is 4.09. The summed E-state index contributed by atoms with van der Waals surface area (Å²) in [6, 6.07) is 0.425. The standard InChI is InChI=1S/C13H25N3S/c1-6-10-12(17-16-15-10)11(14-7-2)8-9-13(3,4)5/h11,14H,6-9H2,1-5H3. The van der Waals surface area contributed by atoms with Crippen molar-refractivity contribution in [3.63, 3.8) is 0 Å². The van der Waals surface area contributed by atoms with Gasteiger partial charge in [-0.2, -0.15) is 0 Å². The first kappa shape index (κ1) is 14.6. The lowest BCUT2D eigenvalue weighted by molar-refractivity contribution is 0.334. The summed E-state index contributed by atoms with van der Waals surface area (Å²) in [5.74, 6) is 0. The van der Waals surface area contributed by atoms with Gasteiger partial charge in [0, 0.05) is 6.04 Å². The van der Waals surface area contributed by atoms with Crippen LogP contribution in [-0.2, 0) is 6.42 Å². The third-order valence-corrected chi connectivity index (χ3v) is 3.75. The Morgan fingerprint density at radius 3 is 2.53 bits per heavy atom. The summed E-state index contributed by atoms with van der Waals surface area (Å²) in [5, 5.41) is 7.77. The van der Waals surface area contributed by atoms with E-state index in [0.29, 0.717) is 11.5 Å². The lowest BCUT2D eigenvalue weighted by Crippen LogP contribution is -2.22. The van der Waals surface area contributed by atoms with Gasteiger partial charge in [-0.15, -0.1) is 5.10 Å². The Bertz CT molecular complexity index is 328. The second-order valence-corrected chi connectivity index (χ2v) is 6.43. The van der Waals surface area contributed by atoms with Crippen LogP contribution in [-0.4, -0.2) is 16.1 Å². The highest BCUT2D eigenvalue weighted by Gasteiger charge is 2.20. The molecule has 0 aromatic carbocycles. The Hall–Kier alpha value is -0.480. The van der Waals surface area contributed by atoms with E-state index in [2.05, 4.69) is 49.5 Å². The molecule has 98 valence electrons. The monoisotopic (exact) mass is 255 g/mol. The smallest absolute Gasteiger partial charge is 0.0800 e. The Kier molecular flexibility index (Phi) is 5.53. The zero-order valence-electron chi connectivity index (χ0n) is 11.7. The summed E-state index contributed by atoms with van der Waals surface area (Å²) in [6.45, 7) is 12.2. The molecule has 0 aliphatic carbocycles. The first-order chi connectivity index (χ1) is 7.98. The summed E-state index contributed by atoms with van der Waals surface area (Å²) >= 11 is 1.55.